The Balaban J connectivity index is 2.21. The van der Waals surface area contributed by atoms with Crippen molar-refractivity contribution < 1.29 is 4.79 Å². The van der Waals surface area contributed by atoms with E-state index in [1.807, 2.05) is 24.3 Å². The SMILES string of the molecule is CC(=O)Nc1ccc(-c2ncc[nH]2)cc1. The van der Waals surface area contributed by atoms with Gasteiger partial charge in [-0.25, -0.2) is 4.98 Å². The molecule has 0 atom stereocenters. The molecule has 2 rings (SSSR count). The summed E-state index contributed by atoms with van der Waals surface area (Å²) in [5.74, 6) is 0.755. The third kappa shape index (κ3) is 2.22. The van der Waals surface area contributed by atoms with Crippen molar-refractivity contribution in [2.45, 2.75) is 6.92 Å². The molecule has 0 fully saturated rings. The maximum atomic E-state index is 10.8. The minimum Gasteiger partial charge on any atom is -0.345 e. The Hall–Kier alpha value is -2.10. The standard InChI is InChI=1S/C11H11N3O/c1-8(15)14-10-4-2-9(3-5-10)11-12-6-7-13-11/h2-7H,1H3,(H,12,13)(H,14,15). The second-order valence-corrected chi connectivity index (χ2v) is 3.20. The fourth-order valence-electron chi connectivity index (χ4n) is 1.34. The molecular formula is C11H11N3O. The van der Waals surface area contributed by atoms with Crippen molar-refractivity contribution >= 4 is 11.6 Å². The Bertz CT molecular complexity index is 445. The third-order valence-corrected chi connectivity index (χ3v) is 1.98. The lowest BCUT2D eigenvalue weighted by Gasteiger charge is -2.02. The van der Waals surface area contributed by atoms with Gasteiger partial charge < -0.3 is 10.3 Å². The minimum absolute atomic E-state index is 0.0688. The average molecular weight is 201 g/mol. The number of hydrogen-bond donors (Lipinski definition) is 2. The van der Waals surface area contributed by atoms with Gasteiger partial charge in [-0.3, -0.25) is 4.79 Å². The molecule has 0 saturated carbocycles. The molecule has 1 heterocycles. The smallest absolute Gasteiger partial charge is 0.221 e. The largest absolute Gasteiger partial charge is 0.345 e. The summed E-state index contributed by atoms with van der Waals surface area (Å²) in [5.41, 5.74) is 1.78. The summed E-state index contributed by atoms with van der Waals surface area (Å²) in [6.45, 7) is 1.49. The number of carbonyl (C=O) groups is 1. The fourth-order valence-corrected chi connectivity index (χ4v) is 1.34. The predicted molar refractivity (Wildman–Crippen MR) is 58.3 cm³/mol. The molecule has 0 aliphatic rings. The number of anilines is 1. The monoisotopic (exact) mass is 201 g/mol. The highest BCUT2D eigenvalue weighted by Gasteiger charge is 1.99. The van der Waals surface area contributed by atoms with Gasteiger partial charge in [-0.05, 0) is 24.3 Å². The summed E-state index contributed by atoms with van der Waals surface area (Å²) < 4.78 is 0. The van der Waals surface area contributed by atoms with E-state index >= 15 is 0 Å². The number of imidazole rings is 1. The highest BCUT2D eigenvalue weighted by molar-refractivity contribution is 5.88. The van der Waals surface area contributed by atoms with Gasteiger partial charge in [-0.1, -0.05) is 0 Å². The van der Waals surface area contributed by atoms with Gasteiger partial charge in [-0.2, -0.15) is 0 Å². The Morgan fingerprint density at radius 2 is 2.07 bits per heavy atom. The van der Waals surface area contributed by atoms with Crippen LogP contribution in [0.25, 0.3) is 11.4 Å². The zero-order valence-corrected chi connectivity index (χ0v) is 8.32. The van der Waals surface area contributed by atoms with E-state index in [0.717, 1.165) is 17.1 Å². The molecule has 1 aromatic heterocycles. The molecule has 0 unspecified atom stereocenters. The summed E-state index contributed by atoms with van der Waals surface area (Å²) in [6.07, 6.45) is 3.48. The van der Waals surface area contributed by atoms with Crippen LogP contribution in [0.3, 0.4) is 0 Å². The molecule has 2 N–H and O–H groups in total. The summed E-state index contributed by atoms with van der Waals surface area (Å²) in [5, 5.41) is 2.71. The van der Waals surface area contributed by atoms with Gasteiger partial charge in [0, 0.05) is 30.6 Å². The number of rotatable bonds is 2. The molecule has 2 aromatic rings. The molecule has 0 aliphatic carbocycles. The summed E-state index contributed by atoms with van der Waals surface area (Å²) in [6, 6.07) is 7.51. The van der Waals surface area contributed by atoms with Crippen LogP contribution in [0, 0.1) is 0 Å². The molecule has 0 bridgehead atoms. The topological polar surface area (TPSA) is 57.8 Å². The molecule has 4 nitrogen and oxygen atoms in total. The van der Waals surface area contributed by atoms with Crippen molar-refractivity contribution in [3.05, 3.63) is 36.7 Å². The van der Waals surface area contributed by atoms with Gasteiger partial charge in [-0.15, -0.1) is 0 Å². The van der Waals surface area contributed by atoms with E-state index in [4.69, 9.17) is 0 Å². The van der Waals surface area contributed by atoms with Gasteiger partial charge in [0.05, 0.1) is 0 Å². The molecule has 76 valence electrons. The van der Waals surface area contributed by atoms with Gasteiger partial charge in [0.1, 0.15) is 5.82 Å². The normalized spacial score (nSPS) is 9.93. The zero-order chi connectivity index (χ0) is 10.7. The Morgan fingerprint density at radius 1 is 1.33 bits per heavy atom. The molecule has 4 heteroatoms. The maximum Gasteiger partial charge on any atom is 0.221 e. The van der Waals surface area contributed by atoms with Crippen molar-refractivity contribution in [3.63, 3.8) is 0 Å². The van der Waals surface area contributed by atoms with Crippen LogP contribution in [-0.2, 0) is 4.79 Å². The predicted octanol–water partition coefficient (Wildman–Crippen LogP) is 2.04. The highest BCUT2D eigenvalue weighted by Crippen LogP contribution is 2.17. The van der Waals surface area contributed by atoms with Crippen LogP contribution in [0.5, 0.6) is 0 Å². The lowest BCUT2D eigenvalue weighted by molar-refractivity contribution is -0.114. The van der Waals surface area contributed by atoms with Crippen LogP contribution in [0.1, 0.15) is 6.92 Å². The second kappa shape index (κ2) is 3.96. The summed E-state index contributed by atoms with van der Waals surface area (Å²) in [4.78, 5) is 17.9. The van der Waals surface area contributed by atoms with Gasteiger partial charge in [0.2, 0.25) is 5.91 Å². The Labute approximate surface area is 87.4 Å². The van der Waals surface area contributed by atoms with Crippen LogP contribution >= 0.6 is 0 Å². The number of aromatic amines is 1. The fraction of sp³-hybridized carbons (Fsp3) is 0.0909. The van der Waals surface area contributed by atoms with Crippen molar-refractivity contribution in [2.75, 3.05) is 5.32 Å². The van der Waals surface area contributed by atoms with Crippen molar-refractivity contribution in [1.82, 2.24) is 9.97 Å². The van der Waals surface area contributed by atoms with E-state index < -0.39 is 0 Å². The molecule has 0 aliphatic heterocycles. The van der Waals surface area contributed by atoms with Gasteiger partial charge >= 0.3 is 0 Å². The van der Waals surface area contributed by atoms with E-state index in [0.29, 0.717) is 0 Å². The molecule has 0 saturated heterocycles. The zero-order valence-electron chi connectivity index (χ0n) is 8.32. The van der Waals surface area contributed by atoms with Crippen LogP contribution in [0.4, 0.5) is 5.69 Å². The number of amides is 1. The van der Waals surface area contributed by atoms with Crippen molar-refractivity contribution in [2.24, 2.45) is 0 Å². The molecule has 0 radical (unpaired) electrons. The number of nitrogens with zero attached hydrogens (tertiary/aromatic N) is 1. The average Bonchev–Trinajstić information content (AvgIpc) is 2.71. The van der Waals surface area contributed by atoms with Gasteiger partial charge in [0.15, 0.2) is 0 Å². The third-order valence-electron chi connectivity index (χ3n) is 1.98. The first kappa shape index (κ1) is 9.45. The number of benzene rings is 1. The number of aromatic nitrogens is 2. The quantitative estimate of drug-likeness (QED) is 0.781. The Morgan fingerprint density at radius 3 is 2.60 bits per heavy atom. The van der Waals surface area contributed by atoms with Crippen LogP contribution in [0.15, 0.2) is 36.7 Å². The van der Waals surface area contributed by atoms with Gasteiger partial charge in [0.25, 0.3) is 0 Å². The number of nitrogens with one attached hydrogen (secondary N) is 2. The Kier molecular flexibility index (Phi) is 2.49. The number of hydrogen-bond acceptors (Lipinski definition) is 2. The van der Waals surface area contributed by atoms with E-state index in [9.17, 15) is 4.79 Å². The van der Waals surface area contributed by atoms with E-state index in [1.165, 1.54) is 6.92 Å². The molecule has 0 spiro atoms. The van der Waals surface area contributed by atoms with Crippen molar-refractivity contribution in [3.8, 4) is 11.4 Å². The first-order chi connectivity index (χ1) is 7.25. The lowest BCUT2D eigenvalue weighted by Crippen LogP contribution is -2.05. The van der Waals surface area contributed by atoms with E-state index in [2.05, 4.69) is 15.3 Å². The van der Waals surface area contributed by atoms with E-state index in [-0.39, 0.29) is 5.91 Å². The summed E-state index contributed by atoms with van der Waals surface area (Å²) >= 11 is 0. The number of H-pyrrole nitrogens is 1. The first-order valence-corrected chi connectivity index (χ1v) is 4.63. The lowest BCUT2D eigenvalue weighted by atomic mass is 10.2. The molecule has 15 heavy (non-hydrogen) atoms. The van der Waals surface area contributed by atoms with Crippen LogP contribution in [0.2, 0.25) is 0 Å². The second-order valence-electron chi connectivity index (χ2n) is 3.20. The maximum absolute atomic E-state index is 10.8. The molecule has 1 aromatic carbocycles. The first-order valence-electron chi connectivity index (χ1n) is 4.63. The molecule has 1 amide bonds. The van der Waals surface area contributed by atoms with Crippen LogP contribution in [-0.4, -0.2) is 15.9 Å². The molecular weight excluding hydrogens is 190 g/mol. The highest BCUT2D eigenvalue weighted by atomic mass is 16.1. The number of carbonyl (C=O) groups excluding carboxylic acids is 1. The van der Waals surface area contributed by atoms with E-state index in [1.54, 1.807) is 12.4 Å². The summed E-state index contributed by atoms with van der Waals surface area (Å²) in [7, 11) is 0. The van der Waals surface area contributed by atoms with Crippen LogP contribution < -0.4 is 5.32 Å². The minimum atomic E-state index is -0.0688. The van der Waals surface area contributed by atoms with Crippen molar-refractivity contribution in [1.29, 1.82) is 0 Å².